The number of para-hydroxylation sites is 1. The lowest BCUT2D eigenvalue weighted by molar-refractivity contribution is -0.385. The standard InChI is InChI=1S/C14H19N3O3.ClH/c1-16(14(18)9-12-6-4-8-15-12)10-11-5-2-3-7-13(11)17(19)20;/h2-3,5,7,12,15H,4,6,8-10H2,1H3;1H. The molecule has 1 aromatic carbocycles. The summed E-state index contributed by atoms with van der Waals surface area (Å²) in [6.07, 6.45) is 2.58. The molecular weight excluding hydrogens is 294 g/mol. The minimum atomic E-state index is -0.411. The topological polar surface area (TPSA) is 75.5 Å². The molecule has 116 valence electrons. The first-order valence-corrected chi connectivity index (χ1v) is 6.77. The molecule has 7 heteroatoms. The van der Waals surface area contributed by atoms with E-state index in [4.69, 9.17) is 0 Å². The van der Waals surface area contributed by atoms with Gasteiger partial charge in [0, 0.05) is 31.1 Å². The van der Waals surface area contributed by atoms with Crippen molar-refractivity contribution in [3.63, 3.8) is 0 Å². The Kier molecular flexibility index (Phi) is 6.58. The number of hydrogen-bond acceptors (Lipinski definition) is 4. The van der Waals surface area contributed by atoms with Crippen molar-refractivity contribution >= 4 is 24.0 Å². The van der Waals surface area contributed by atoms with Crippen LogP contribution in [-0.4, -0.2) is 35.4 Å². The van der Waals surface area contributed by atoms with Gasteiger partial charge in [0.2, 0.25) is 5.91 Å². The third-order valence-corrected chi connectivity index (χ3v) is 3.60. The molecule has 1 fully saturated rings. The zero-order valence-corrected chi connectivity index (χ0v) is 12.8. The van der Waals surface area contributed by atoms with Gasteiger partial charge in [0.1, 0.15) is 0 Å². The quantitative estimate of drug-likeness (QED) is 0.667. The van der Waals surface area contributed by atoms with Crippen LogP contribution in [0.4, 0.5) is 5.69 Å². The Morgan fingerprint density at radius 2 is 2.19 bits per heavy atom. The Labute approximate surface area is 130 Å². The molecule has 1 aliphatic rings. The maximum absolute atomic E-state index is 12.1. The van der Waals surface area contributed by atoms with Crippen LogP contribution >= 0.6 is 12.4 Å². The Morgan fingerprint density at radius 1 is 1.48 bits per heavy atom. The number of amides is 1. The molecule has 0 spiro atoms. The summed E-state index contributed by atoms with van der Waals surface area (Å²) in [5.74, 6) is 0.0163. The van der Waals surface area contributed by atoms with Crippen LogP contribution in [0.3, 0.4) is 0 Å². The second-order valence-corrected chi connectivity index (χ2v) is 5.13. The molecule has 1 aromatic rings. The van der Waals surface area contributed by atoms with E-state index in [1.165, 1.54) is 6.07 Å². The summed E-state index contributed by atoms with van der Waals surface area (Å²) in [7, 11) is 1.69. The Balaban J connectivity index is 0.00000220. The van der Waals surface area contributed by atoms with Crippen LogP contribution in [0.15, 0.2) is 24.3 Å². The lowest BCUT2D eigenvalue weighted by Gasteiger charge is -2.19. The summed E-state index contributed by atoms with van der Waals surface area (Å²) in [4.78, 5) is 24.2. The first-order chi connectivity index (χ1) is 9.58. The molecule has 6 nitrogen and oxygen atoms in total. The molecule has 1 N–H and O–H groups in total. The van der Waals surface area contributed by atoms with Gasteiger partial charge in [0.15, 0.2) is 0 Å². The fraction of sp³-hybridized carbons (Fsp3) is 0.500. The Morgan fingerprint density at radius 3 is 2.81 bits per heavy atom. The fourth-order valence-electron chi connectivity index (χ4n) is 2.46. The average molecular weight is 314 g/mol. The third kappa shape index (κ3) is 4.68. The zero-order valence-electron chi connectivity index (χ0n) is 11.9. The van der Waals surface area contributed by atoms with E-state index in [0.29, 0.717) is 12.0 Å². The highest BCUT2D eigenvalue weighted by atomic mass is 35.5. The van der Waals surface area contributed by atoms with Crippen LogP contribution in [0.25, 0.3) is 0 Å². The predicted octanol–water partition coefficient (Wildman–Crippen LogP) is 2.12. The van der Waals surface area contributed by atoms with E-state index in [9.17, 15) is 14.9 Å². The van der Waals surface area contributed by atoms with Crippen molar-refractivity contribution in [1.82, 2.24) is 10.2 Å². The van der Waals surface area contributed by atoms with Crippen molar-refractivity contribution < 1.29 is 9.72 Å². The highest BCUT2D eigenvalue weighted by Gasteiger charge is 2.21. The summed E-state index contributed by atoms with van der Waals surface area (Å²) in [5, 5.41) is 14.2. The lowest BCUT2D eigenvalue weighted by atomic mass is 10.1. The van der Waals surface area contributed by atoms with Gasteiger partial charge in [-0.05, 0) is 19.4 Å². The number of nitro benzene ring substituents is 1. The number of carbonyl (C=O) groups is 1. The summed E-state index contributed by atoms with van der Waals surface area (Å²) in [5.41, 5.74) is 0.624. The molecule has 1 saturated heterocycles. The molecule has 0 aromatic heterocycles. The van der Waals surface area contributed by atoms with Crippen LogP contribution in [0.1, 0.15) is 24.8 Å². The third-order valence-electron chi connectivity index (χ3n) is 3.60. The first kappa shape index (κ1) is 17.4. The van der Waals surface area contributed by atoms with Crippen LogP contribution in [0.5, 0.6) is 0 Å². The van der Waals surface area contributed by atoms with Gasteiger partial charge in [-0.15, -0.1) is 12.4 Å². The highest BCUT2D eigenvalue weighted by Crippen LogP contribution is 2.19. The smallest absolute Gasteiger partial charge is 0.274 e. The van der Waals surface area contributed by atoms with Crippen molar-refractivity contribution in [2.75, 3.05) is 13.6 Å². The van der Waals surface area contributed by atoms with Crippen molar-refractivity contribution in [3.8, 4) is 0 Å². The second-order valence-electron chi connectivity index (χ2n) is 5.13. The van der Waals surface area contributed by atoms with Gasteiger partial charge in [-0.3, -0.25) is 14.9 Å². The minimum Gasteiger partial charge on any atom is -0.341 e. The van der Waals surface area contributed by atoms with E-state index in [-0.39, 0.29) is 36.6 Å². The second kappa shape index (κ2) is 7.95. The van der Waals surface area contributed by atoms with Gasteiger partial charge in [-0.1, -0.05) is 18.2 Å². The normalized spacial score (nSPS) is 17.1. The minimum absolute atomic E-state index is 0. The number of nitrogens with zero attached hydrogens (tertiary/aromatic N) is 2. The van der Waals surface area contributed by atoms with Gasteiger partial charge < -0.3 is 10.2 Å². The van der Waals surface area contributed by atoms with E-state index >= 15 is 0 Å². The number of rotatable bonds is 5. The lowest BCUT2D eigenvalue weighted by Crippen LogP contribution is -2.33. The van der Waals surface area contributed by atoms with Gasteiger partial charge in [-0.2, -0.15) is 0 Å². The highest BCUT2D eigenvalue weighted by molar-refractivity contribution is 5.85. The van der Waals surface area contributed by atoms with E-state index in [0.717, 1.165) is 19.4 Å². The molecule has 1 amide bonds. The summed E-state index contributed by atoms with van der Waals surface area (Å²) < 4.78 is 0. The molecule has 0 saturated carbocycles. The molecule has 21 heavy (non-hydrogen) atoms. The van der Waals surface area contributed by atoms with Gasteiger partial charge in [-0.25, -0.2) is 0 Å². The number of carbonyl (C=O) groups excluding carboxylic acids is 1. The van der Waals surface area contributed by atoms with E-state index in [1.807, 2.05) is 0 Å². The molecule has 1 heterocycles. The van der Waals surface area contributed by atoms with Gasteiger partial charge in [0.05, 0.1) is 11.5 Å². The SMILES string of the molecule is CN(Cc1ccccc1[N+](=O)[O-])C(=O)CC1CCCN1.Cl. The number of hydrogen-bond donors (Lipinski definition) is 1. The van der Waals surface area contributed by atoms with Crippen LogP contribution in [0.2, 0.25) is 0 Å². The number of benzene rings is 1. The first-order valence-electron chi connectivity index (χ1n) is 6.77. The largest absolute Gasteiger partial charge is 0.341 e. The van der Waals surface area contributed by atoms with Crippen LogP contribution < -0.4 is 5.32 Å². The van der Waals surface area contributed by atoms with Gasteiger partial charge in [0.25, 0.3) is 5.69 Å². The molecule has 1 unspecified atom stereocenters. The number of halogens is 1. The molecule has 1 aliphatic heterocycles. The Hall–Kier alpha value is -1.66. The van der Waals surface area contributed by atoms with Crippen molar-refractivity contribution in [2.24, 2.45) is 0 Å². The zero-order chi connectivity index (χ0) is 14.5. The molecule has 0 aliphatic carbocycles. The van der Waals surface area contributed by atoms with Crippen molar-refractivity contribution in [1.29, 1.82) is 0 Å². The molecular formula is C14H20ClN3O3. The maximum Gasteiger partial charge on any atom is 0.274 e. The van der Waals surface area contributed by atoms with E-state index in [2.05, 4.69) is 5.32 Å². The number of nitro groups is 1. The molecule has 0 radical (unpaired) electrons. The molecule has 0 bridgehead atoms. The van der Waals surface area contributed by atoms with E-state index < -0.39 is 4.92 Å². The fourth-order valence-corrected chi connectivity index (χ4v) is 2.46. The maximum atomic E-state index is 12.1. The predicted molar refractivity (Wildman–Crippen MR) is 82.5 cm³/mol. The Bertz CT molecular complexity index is 504. The summed E-state index contributed by atoms with van der Waals surface area (Å²) >= 11 is 0. The average Bonchev–Trinajstić information content (AvgIpc) is 2.91. The van der Waals surface area contributed by atoms with Crippen LogP contribution in [-0.2, 0) is 11.3 Å². The van der Waals surface area contributed by atoms with Crippen molar-refractivity contribution in [2.45, 2.75) is 31.8 Å². The van der Waals surface area contributed by atoms with Crippen LogP contribution in [0, 0.1) is 10.1 Å². The van der Waals surface area contributed by atoms with Gasteiger partial charge >= 0.3 is 0 Å². The monoisotopic (exact) mass is 313 g/mol. The summed E-state index contributed by atoms with van der Waals surface area (Å²) in [6.45, 7) is 1.23. The molecule has 2 rings (SSSR count). The molecule has 1 atom stereocenters. The van der Waals surface area contributed by atoms with E-state index in [1.54, 1.807) is 30.1 Å². The van der Waals surface area contributed by atoms with Crippen molar-refractivity contribution in [3.05, 3.63) is 39.9 Å². The summed E-state index contributed by atoms with van der Waals surface area (Å²) in [6, 6.07) is 6.78. The number of nitrogens with one attached hydrogen (secondary N) is 1.